The molecule has 0 radical (unpaired) electrons. The maximum atomic E-state index is 12.5. The van der Waals surface area contributed by atoms with Gasteiger partial charge in [0.05, 0.1) is 31.0 Å². The highest BCUT2D eigenvalue weighted by molar-refractivity contribution is 6.32. The average molecular weight is 363 g/mol. The zero-order chi connectivity index (χ0) is 18.4. The zero-order valence-corrected chi connectivity index (χ0v) is 15.6. The van der Waals surface area contributed by atoms with E-state index in [0.29, 0.717) is 22.2 Å². The molecule has 0 aliphatic heterocycles. The van der Waals surface area contributed by atoms with Crippen LogP contribution in [0, 0.1) is 0 Å². The van der Waals surface area contributed by atoms with Crippen LogP contribution in [0.5, 0.6) is 11.5 Å². The fourth-order valence-electron chi connectivity index (χ4n) is 2.44. The summed E-state index contributed by atoms with van der Waals surface area (Å²) in [7, 11) is 3.09. The Labute approximate surface area is 153 Å². The van der Waals surface area contributed by atoms with Crippen LogP contribution in [0.1, 0.15) is 25.5 Å². The van der Waals surface area contributed by atoms with E-state index in [4.69, 9.17) is 21.1 Å². The van der Waals surface area contributed by atoms with E-state index in [-0.39, 0.29) is 11.9 Å². The van der Waals surface area contributed by atoms with E-state index in [1.165, 1.54) is 7.11 Å². The monoisotopic (exact) mass is 362 g/mol. The lowest BCUT2D eigenvalue weighted by atomic mass is 10.1. The van der Waals surface area contributed by atoms with Crippen molar-refractivity contribution in [2.45, 2.75) is 25.9 Å². The number of amides is 1. The van der Waals surface area contributed by atoms with Crippen molar-refractivity contribution in [1.82, 2.24) is 5.32 Å². The van der Waals surface area contributed by atoms with Crippen molar-refractivity contribution in [1.29, 1.82) is 0 Å². The molecule has 0 spiro atoms. The quantitative estimate of drug-likeness (QED) is 0.780. The Bertz CT molecular complexity index is 722. The Hall–Kier alpha value is -2.40. The van der Waals surface area contributed by atoms with E-state index >= 15 is 0 Å². The van der Waals surface area contributed by atoms with E-state index in [9.17, 15) is 4.79 Å². The second-order valence-corrected chi connectivity index (χ2v) is 6.10. The molecule has 0 fully saturated rings. The number of carbonyl (C=O) groups is 1. The predicted octanol–water partition coefficient (Wildman–Crippen LogP) is 4.04. The van der Waals surface area contributed by atoms with Gasteiger partial charge in [-0.25, -0.2) is 0 Å². The molecule has 5 nitrogen and oxygen atoms in total. The molecule has 0 unspecified atom stereocenters. The second kappa shape index (κ2) is 8.62. The molecule has 2 N–H and O–H groups in total. The summed E-state index contributed by atoms with van der Waals surface area (Å²) in [6.07, 6.45) is 0. The summed E-state index contributed by atoms with van der Waals surface area (Å²) in [6.45, 7) is 3.73. The van der Waals surface area contributed by atoms with Crippen LogP contribution < -0.4 is 20.1 Å². The first-order valence-electron chi connectivity index (χ1n) is 7.99. The normalized spacial score (nSPS) is 12.8. The predicted molar refractivity (Wildman–Crippen MR) is 101 cm³/mol. The molecule has 0 aliphatic carbocycles. The number of nitrogens with one attached hydrogen (secondary N) is 2. The minimum Gasteiger partial charge on any atom is -0.495 e. The number of carbonyl (C=O) groups excluding carboxylic acids is 1. The SMILES string of the molecule is COc1cc(OC)c(N[C@@H](C)C(=O)N[C@H](C)c2ccccc2)cc1Cl. The molecule has 0 aliphatic rings. The van der Waals surface area contributed by atoms with E-state index in [1.807, 2.05) is 37.3 Å². The largest absolute Gasteiger partial charge is 0.495 e. The topological polar surface area (TPSA) is 59.6 Å². The van der Waals surface area contributed by atoms with Crippen molar-refractivity contribution >= 4 is 23.2 Å². The second-order valence-electron chi connectivity index (χ2n) is 5.69. The Morgan fingerprint density at radius 1 is 1.04 bits per heavy atom. The summed E-state index contributed by atoms with van der Waals surface area (Å²) in [5.74, 6) is 0.946. The highest BCUT2D eigenvalue weighted by Crippen LogP contribution is 2.36. The van der Waals surface area contributed by atoms with Crippen molar-refractivity contribution in [3.05, 3.63) is 53.1 Å². The Kier molecular flexibility index (Phi) is 6.53. The number of rotatable bonds is 7. The third-order valence-electron chi connectivity index (χ3n) is 3.90. The molecular formula is C19H23ClN2O3. The number of hydrogen-bond donors (Lipinski definition) is 2. The maximum Gasteiger partial charge on any atom is 0.242 e. The van der Waals surface area contributed by atoms with Crippen LogP contribution in [0.15, 0.2) is 42.5 Å². The molecular weight excluding hydrogens is 340 g/mol. The lowest BCUT2D eigenvalue weighted by molar-refractivity contribution is -0.122. The van der Waals surface area contributed by atoms with Gasteiger partial charge in [-0.15, -0.1) is 0 Å². The number of benzene rings is 2. The summed E-state index contributed by atoms with van der Waals surface area (Å²) < 4.78 is 10.5. The molecule has 6 heteroatoms. The minimum atomic E-state index is -0.468. The fourth-order valence-corrected chi connectivity index (χ4v) is 2.68. The van der Waals surface area contributed by atoms with E-state index in [2.05, 4.69) is 10.6 Å². The number of ether oxygens (including phenoxy) is 2. The molecule has 2 atom stereocenters. The molecule has 1 amide bonds. The smallest absolute Gasteiger partial charge is 0.242 e. The maximum absolute atomic E-state index is 12.5. The molecule has 134 valence electrons. The summed E-state index contributed by atoms with van der Waals surface area (Å²) in [5, 5.41) is 6.56. The van der Waals surface area contributed by atoms with Gasteiger partial charge in [-0.05, 0) is 25.5 Å². The standard InChI is InChI=1S/C19H23ClN2O3/c1-12(14-8-6-5-7-9-14)22-19(23)13(2)21-16-10-15(20)17(24-3)11-18(16)25-4/h5-13,21H,1-4H3,(H,22,23)/t12-,13+/m1/s1. The molecule has 0 aromatic heterocycles. The van der Waals surface area contributed by atoms with E-state index in [0.717, 1.165) is 5.56 Å². The van der Waals surface area contributed by atoms with Gasteiger partial charge in [-0.1, -0.05) is 41.9 Å². The van der Waals surface area contributed by atoms with Gasteiger partial charge >= 0.3 is 0 Å². The van der Waals surface area contributed by atoms with Gasteiger partial charge in [-0.2, -0.15) is 0 Å². The third-order valence-corrected chi connectivity index (χ3v) is 4.19. The van der Waals surface area contributed by atoms with E-state index in [1.54, 1.807) is 26.2 Å². The lowest BCUT2D eigenvalue weighted by Gasteiger charge is -2.21. The van der Waals surface area contributed by atoms with Gasteiger partial charge in [0.15, 0.2) is 0 Å². The van der Waals surface area contributed by atoms with Crippen LogP contribution in [0.2, 0.25) is 5.02 Å². The zero-order valence-electron chi connectivity index (χ0n) is 14.8. The van der Waals surface area contributed by atoms with Gasteiger partial charge in [0.1, 0.15) is 17.5 Å². The van der Waals surface area contributed by atoms with Crippen molar-refractivity contribution in [3.8, 4) is 11.5 Å². The molecule has 2 aromatic carbocycles. The van der Waals surface area contributed by atoms with Crippen LogP contribution in [-0.4, -0.2) is 26.2 Å². The first-order valence-corrected chi connectivity index (χ1v) is 8.37. The van der Waals surface area contributed by atoms with Crippen LogP contribution >= 0.6 is 11.6 Å². The van der Waals surface area contributed by atoms with Crippen molar-refractivity contribution in [2.24, 2.45) is 0 Å². The highest BCUT2D eigenvalue weighted by Gasteiger charge is 2.18. The summed E-state index contributed by atoms with van der Waals surface area (Å²) in [4.78, 5) is 12.5. The van der Waals surface area contributed by atoms with Crippen LogP contribution in [0.4, 0.5) is 5.69 Å². The summed E-state index contributed by atoms with van der Waals surface area (Å²) in [5.41, 5.74) is 1.68. The first-order chi connectivity index (χ1) is 12.0. The molecule has 0 saturated carbocycles. The van der Waals surface area contributed by atoms with Crippen LogP contribution in [0.25, 0.3) is 0 Å². The third kappa shape index (κ3) is 4.79. The number of methoxy groups -OCH3 is 2. The molecule has 0 saturated heterocycles. The molecule has 2 aromatic rings. The average Bonchev–Trinajstić information content (AvgIpc) is 2.62. The number of hydrogen-bond acceptors (Lipinski definition) is 4. The summed E-state index contributed by atoms with van der Waals surface area (Å²) >= 11 is 6.16. The van der Waals surface area contributed by atoms with Crippen molar-refractivity contribution in [3.63, 3.8) is 0 Å². The van der Waals surface area contributed by atoms with Gasteiger partial charge in [0, 0.05) is 6.07 Å². The number of anilines is 1. The highest BCUT2D eigenvalue weighted by atomic mass is 35.5. The minimum absolute atomic E-state index is 0.0840. The van der Waals surface area contributed by atoms with Gasteiger partial charge in [0.2, 0.25) is 5.91 Å². The van der Waals surface area contributed by atoms with E-state index < -0.39 is 6.04 Å². The molecule has 2 rings (SSSR count). The molecule has 0 heterocycles. The Balaban J connectivity index is 2.07. The van der Waals surface area contributed by atoms with Crippen LogP contribution in [-0.2, 0) is 4.79 Å². The Morgan fingerprint density at radius 3 is 2.28 bits per heavy atom. The lowest BCUT2D eigenvalue weighted by Crippen LogP contribution is -2.38. The molecule has 0 bridgehead atoms. The fraction of sp³-hybridized carbons (Fsp3) is 0.316. The van der Waals surface area contributed by atoms with Gasteiger partial charge in [-0.3, -0.25) is 4.79 Å². The van der Waals surface area contributed by atoms with Crippen LogP contribution in [0.3, 0.4) is 0 Å². The van der Waals surface area contributed by atoms with Crippen molar-refractivity contribution < 1.29 is 14.3 Å². The van der Waals surface area contributed by atoms with Gasteiger partial charge < -0.3 is 20.1 Å². The first kappa shape index (κ1) is 18.9. The Morgan fingerprint density at radius 2 is 1.68 bits per heavy atom. The van der Waals surface area contributed by atoms with Gasteiger partial charge in [0.25, 0.3) is 0 Å². The van der Waals surface area contributed by atoms with Crippen molar-refractivity contribution in [2.75, 3.05) is 19.5 Å². The molecule has 25 heavy (non-hydrogen) atoms. The summed E-state index contributed by atoms with van der Waals surface area (Å²) in [6, 6.07) is 12.6. The number of halogens is 1.